The molecule has 2 aromatic heterocycles. The van der Waals surface area contributed by atoms with Crippen LogP contribution in [0.1, 0.15) is 25.6 Å². The van der Waals surface area contributed by atoms with Gasteiger partial charge in [-0.15, -0.1) is 11.3 Å². The third-order valence-corrected chi connectivity index (χ3v) is 6.51. The molecule has 8 heteroatoms. The number of benzene rings is 2. The first kappa shape index (κ1) is 22.0. The summed E-state index contributed by atoms with van der Waals surface area (Å²) in [5.74, 6) is -1.36. The lowest BCUT2D eigenvalue weighted by atomic mass is 10.0. The second kappa shape index (κ2) is 9.93. The first-order chi connectivity index (χ1) is 15.5. The number of halogens is 1. The van der Waals surface area contributed by atoms with Gasteiger partial charge in [0.25, 0.3) is 5.91 Å². The predicted octanol–water partition coefficient (Wildman–Crippen LogP) is 4.76. The van der Waals surface area contributed by atoms with E-state index in [1.165, 1.54) is 11.3 Å². The molecule has 4 rings (SSSR count). The second-order valence-corrected chi connectivity index (χ2v) is 8.88. The highest BCUT2D eigenvalue weighted by Crippen LogP contribution is 2.20. The molecule has 0 bridgehead atoms. The van der Waals surface area contributed by atoms with Gasteiger partial charge in [0.1, 0.15) is 6.04 Å². The van der Waals surface area contributed by atoms with Crippen LogP contribution in [0.15, 0.2) is 76.7 Å². The largest absolute Gasteiger partial charge is 0.456 e. The zero-order valence-corrected chi connectivity index (χ0v) is 19.2. The van der Waals surface area contributed by atoms with E-state index in [2.05, 4.69) is 26.2 Å². The second-order valence-electron chi connectivity index (χ2n) is 7.08. The van der Waals surface area contributed by atoms with Crippen molar-refractivity contribution in [3.63, 3.8) is 0 Å². The molecule has 0 aliphatic carbocycles. The van der Waals surface area contributed by atoms with E-state index in [1.807, 2.05) is 30.5 Å². The molecule has 1 amide bonds. The fourth-order valence-electron chi connectivity index (χ4n) is 3.35. The van der Waals surface area contributed by atoms with Crippen molar-refractivity contribution in [3.05, 3.63) is 92.7 Å². The SMILES string of the molecule is O=C(NC(Cc1c[nH]c2ccccc12)C(=O)OCC(=O)c1ccccc1Br)c1cccs1. The Hall–Kier alpha value is -3.23. The summed E-state index contributed by atoms with van der Waals surface area (Å²) in [6.45, 7) is -0.416. The summed E-state index contributed by atoms with van der Waals surface area (Å²) < 4.78 is 5.95. The van der Waals surface area contributed by atoms with Gasteiger partial charge in [-0.25, -0.2) is 4.79 Å². The lowest BCUT2D eigenvalue weighted by Gasteiger charge is -2.17. The first-order valence-electron chi connectivity index (χ1n) is 9.86. The molecule has 2 heterocycles. The Morgan fingerprint density at radius 2 is 1.81 bits per heavy atom. The molecule has 0 spiro atoms. The summed E-state index contributed by atoms with van der Waals surface area (Å²) >= 11 is 4.61. The smallest absolute Gasteiger partial charge is 0.329 e. The van der Waals surface area contributed by atoms with Gasteiger partial charge in [-0.05, 0) is 29.1 Å². The zero-order chi connectivity index (χ0) is 22.5. The average Bonchev–Trinajstić information content (AvgIpc) is 3.48. The molecule has 6 nitrogen and oxygen atoms in total. The van der Waals surface area contributed by atoms with Crippen molar-refractivity contribution in [2.24, 2.45) is 0 Å². The van der Waals surface area contributed by atoms with Crippen LogP contribution in [0.4, 0.5) is 0 Å². The molecule has 0 radical (unpaired) electrons. The van der Waals surface area contributed by atoms with Crippen LogP contribution in [0.3, 0.4) is 0 Å². The van der Waals surface area contributed by atoms with Gasteiger partial charge in [0.2, 0.25) is 5.78 Å². The number of hydrogen-bond acceptors (Lipinski definition) is 5. The van der Waals surface area contributed by atoms with Gasteiger partial charge in [-0.1, -0.05) is 58.4 Å². The van der Waals surface area contributed by atoms with Gasteiger partial charge >= 0.3 is 5.97 Å². The summed E-state index contributed by atoms with van der Waals surface area (Å²) in [4.78, 5) is 41.7. The molecule has 32 heavy (non-hydrogen) atoms. The van der Waals surface area contributed by atoms with E-state index in [4.69, 9.17) is 4.74 Å². The summed E-state index contributed by atoms with van der Waals surface area (Å²) in [5.41, 5.74) is 2.23. The summed E-state index contributed by atoms with van der Waals surface area (Å²) in [5, 5.41) is 5.51. The van der Waals surface area contributed by atoms with E-state index in [0.717, 1.165) is 16.5 Å². The lowest BCUT2D eigenvalue weighted by molar-refractivity contribution is -0.144. The van der Waals surface area contributed by atoms with Crippen LogP contribution in [-0.2, 0) is 16.0 Å². The number of aromatic amines is 1. The van der Waals surface area contributed by atoms with Crippen molar-refractivity contribution in [1.82, 2.24) is 10.3 Å². The van der Waals surface area contributed by atoms with Crippen LogP contribution < -0.4 is 5.32 Å². The number of rotatable bonds is 8. The topological polar surface area (TPSA) is 88.3 Å². The molecule has 0 aliphatic rings. The van der Waals surface area contributed by atoms with E-state index < -0.39 is 18.6 Å². The van der Waals surface area contributed by atoms with Crippen molar-refractivity contribution in [2.45, 2.75) is 12.5 Å². The molecular weight excluding hydrogens is 492 g/mol. The quantitative estimate of drug-likeness (QED) is 0.264. The van der Waals surface area contributed by atoms with Crippen LogP contribution in [0.2, 0.25) is 0 Å². The highest BCUT2D eigenvalue weighted by molar-refractivity contribution is 9.10. The maximum atomic E-state index is 12.9. The number of carbonyl (C=O) groups excluding carboxylic acids is 3. The molecule has 2 aromatic carbocycles. The Morgan fingerprint density at radius 3 is 2.59 bits per heavy atom. The number of thiophene rings is 1. The molecule has 162 valence electrons. The van der Waals surface area contributed by atoms with Crippen LogP contribution in [-0.4, -0.2) is 35.3 Å². The standard InChI is InChI=1S/C24H19BrN2O4S/c25-18-8-3-1-7-17(18)21(28)14-31-24(30)20(27-23(29)22-10-5-11-32-22)12-15-13-26-19-9-4-2-6-16(15)19/h1-11,13,20,26H,12,14H2,(H,27,29). The van der Waals surface area contributed by atoms with Crippen molar-refractivity contribution in [2.75, 3.05) is 6.61 Å². The van der Waals surface area contributed by atoms with Gasteiger partial charge in [0.15, 0.2) is 6.61 Å². The van der Waals surface area contributed by atoms with E-state index in [1.54, 1.807) is 41.8 Å². The molecule has 0 aliphatic heterocycles. The Morgan fingerprint density at radius 1 is 1.03 bits per heavy atom. The van der Waals surface area contributed by atoms with Gasteiger partial charge in [-0.3, -0.25) is 9.59 Å². The van der Waals surface area contributed by atoms with Gasteiger partial charge in [0, 0.05) is 33.6 Å². The zero-order valence-electron chi connectivity index (χ0n) is 16.8. The maximum absolute atomic E-state index is 12.9. The molecule has 4 aromatic rings. The molecule has 1 unspecified atom stereocenters. The fourth-order valence-corrected chi connectivity index (χ4v) is 4.49. The normalized spacial score (nSPS) is 11.8. The monoisotopic (exact) mass is 510 g/mol. The van der Waals surface area contributed by atoms with Crippen LogP contribution in [0, 0.1) is 0 Å². The van der Waals surface area contributed by atoms with Gasteiger partial charge in [-0.2, -0.15) is 0 Å². The third-order valence-electron chi connectivity index (χ3n) is 4.95. The highest BCUT2D eigenvalue weighted by Gasteiger charge is 2.26. The summed E-state index contributed by atoms with van der Waals surface area (Å²) in [6.07, 6.45) is 2.04. The minimum atomic E-state index is -0.948. The van der Waals surface area contributed by atoms with Crippen molar-refractivity contribution < 1.29 is 19.1 Å². The van der Waals surface area contributed by atoms with Gasteiger partial charge in [0.05, 0.1) is 4.88 Å². The predicted molar refractivity (Wildman–Crippen MR) is 127 cm³/mol. The Balaban J connectivity index is 1.51. The minimum Gasteiger partial charge on any atom is -0.456 e. The van der Waals surface area contributed by atoms with Crippen molar-refractivity contribution in [3.8, 4) is 0 Å². The van der Waals surface area contributed by atoms with E-state index in [0.29, 0.717) is 14.9 Å². The highest BCUT2D eigenvalue weighted by atomic mass is 79.9. The minimum absolute atomic E-state index is 0.225. The third kappa shape index (κ3) is 4.98. The number of nitrogens with one attached hydrogen (secondary N) is 2. The number of fused-ring (bicyclic) bond motifs is 1. The number of H-pyrrole nitrogens is 1. The molecule has 0 saturated carbocycles. The Labute approximate surface area is 196 Å². The summed E-state index contributed by atoms with van der Waals surface area (Å²) in [6, 6.07) is 17.1. The number of Topliss-reactive ketones (excluding diaryl/α,β-unsaturated/α-hetero) is 1. The first-order valence-corrected chi connectivity index (χ1v) is 11.5. The molecular formula is C24H19BrN2O4S. The number of aromatic nitrogens is 1. The Kier molecular flexibility index (Phi) is 6.82. The van der Waals surface area contributed by atoms with E-state index >= 15 is 0 Å². The lowest BCUT2D eigenvalue weighted by Crippen LogP contribution is -2.43. The van der Waals surface area contributed by atoms with E-state index in [9.17, 15) is 14.4 Å². The number of carbonyl (C=O) groups is 3. The van der Waals surface area contributed by atoms with Crippen molar-refractivity contribution in [1.29, 1.82) is 0 Å². The molecule has 1 atom stereocenters. The van der Waals surface area contributed by atoms with Crippen LogP contribution >= 0.6 is 27.3 Å². The van der Waals surface area contributed by atoms with E-state index in [-0.39, 0.29) is 18.1 Å². The Bertz CT molecular complexity index is 1270. The van der Waals surface area contributed by atoms with Crippen LogP contribution in [0.5, 0.6) is 0 Å². The number of amides is 1. The van der Waals surface area contributed by atoms with Gasteiger partial charge < -0.3 is 15.0 Å². The van der Waals surface area contributed by atoms with Crippen LogP contribution in [0.25, 0.3) is 10.9 Å². The number of hydrogen-bond donors (Lipinski definition) is 2. The number of ketones is 1. The average molecular weight is 511 g/mol. The molecule has 0 fully saturated rings. The number of ether oxygens (including phenoxy) is 1. The molecule has 2 N–H and O–H groups in total. The van der Waals surface area contributed by atoms with Crippen molar-refractivity contribution >= 4 is 55.8 Å². The maximum Gasteiger partial charge on any atom is 0.329 e. The molecule has 0 saturated heterocycles. The summed E-state index contributed by atoms with van der Waals surface area (Å²) in [7, 11) is 0. The fraction of sp³-hybridized carbons (Fsp3) is 0.125. The number of para-hydroxylation sites is 1. The number of esters is 1.